The Hall–Kier alpha value is -3.80. The summed E-state index contributed by atoms with van der Waals surface area (Å²) in [5.74, 6) is 0.506. The van der Waals surface area contributed by atoms with Gasteiger partial charge in [-0.15, -0.1) is 21.5 Å². The molecule has 16 heteroatoms. The molecule has 1 aliphatic heterocycles. The van der Waals surface area contributed by atoms with Crippen LogP contribution in [0.25, 0.3) is 10.2 Å². The van der Waals surface area contributed by atoms with Crippen LogP contribution in [0.15, 0.2) is 70.6 Å². The van der Waals surface area contributed by atoms with E-state index in [-0.39, 0.29) is 23.1 Å². The van der Waals surface area contributed by atoms with Gasteiger partial charge in [-0.05, 0) is 74.5 Å². The van der Waals surface area contributed by atoms with E-state index in [0.717, 1.165) is 31.5 Å². The van der Waals surface area contributed by atoms with Gasteiger partial charge in [0.05, 0.1) is 21.7 Å². The van der Waals surface area contributed by atoms with Crippen LogP contribution in [0.2, 0.25) is 25.7 Å². The van der Waals surface area contributed by atoms with Gasteiger partial charge in [-0.3, -0.25) is 4.57 Å². The molecule has 0 bridgehead atoms. The molecule has 0 saturated carbocycles. The first-order chi connectivity index (χ1) is 24.9. The summed E-state index contributed by atoms with van der Waals surface area (Å²) in [5.41, 5.74) is 2.15. The lowest BCUT2D eigenvalue weighted by Crippen LogP contribution is -2.38. The van der Waals surface area contributed by atoms with Gasteiger partial charge in [0, 0.05) is 39.7 Å². The fourth-order valence-electron chi connectivity index (χ4n) is 5.88. The number of carbonyl (C=O) groups excluding carboxylic acids is 1. The third kappa shape index (κ3) is 8.53. The average molecular weight is 780 g/mol. The molecule has 2 aromatic carbocycles. The summed E-state index contributed by atoms with van der Waals surface area (Å²) in [6, 6.07) is 19.7. The molecule has 0 radical (unpaired) electrons. The van der Waals surface area contributed by atoms with Crippen LogP contribution in [0.1, 0.15) is 46.6 Å². The van der Waals surface area contributed by atoms with E-state index in [4.69, 9.17) is 19.5 Å². The highest BCUT2D eigenvalue weighted by Gasteiger charge is 2.34. The molecule has 0 spiro atoms. The number of aryl methyl sites for hydroxylation is 1. The molecule has 1 fully saturated rings. The number of benzene rings is 2. The zero-order valence-electron chi connectivity index (χ0n) is 30.4. The van der Waals surface area contributed by atoms with Crippen molar-refractivity contribution < 1.29 is 22.7 Å². The lowest BCUT2D eigenvalue weighted by Gasteiger charge is -2.31. The predicted octanol–water partition coefficient (Wildman–Crippen LogP) is 7.32. The number of nitrogens with zero attached hydrogens (tertiary/aromatic N) is 7. The third-order valence-corrected chi connectivity index (χ3v) is 14.9. The molecule has 6 rings (SSSR count). The first-order valence-corrected chi connectivity index (χ1v) is 24.2. The van der Waals surface area contributed by atoms with E-state index in [0.29, 0.717) is 56.0 Å². The number of carbonyl (C=O) groups is 1. The van der Waals surface area contributed by atoms with E-state index in [1.807, 2.05) is 37.1 Å². The second kappa shape index (κ2) is 16.1. The number of anilines is 2. The van der Waals surface area contributed by atoms with E-state index in [9.17, 15) is 13.2 Å². The second-order valence-corrected chi connectivity index (χ2v) is 23.5. The van der Waals surface area contributed by atoms with E-state index in [1.54, 1.807) is 48.6 Å². The van der Waals surface area contributed by atoms with Crippen molar-refractivity contribution in [2.45, 2.75) is 69.9 Å². The van der Waals surface area contributed by atoms with Crippen molar-refractivity contribution in [2.75, 3.05) is 38.3 Å². The summed E-state index contributed by atoms with van der Waals surface area (Å²) in [6.07, 6.45) is 1.11. The molecule has 5 aromatic rings. The smallest absolute Gasteiger partial charge is 0.358 e. The molecule has 0 atom stereocenters. The molecule has 0 unspecified atom stereocenters. The Morgan fingerprint density at radius 3 is 2.44 bits per heavy atom. The van der Waals surface area contributed by atoms with Crippen LogP contribution in [0.5, 0.6) is 0 Å². The molecule has 276 valence electrons. The summed E-state index contributed by atoms with van der Waals surface area (Å²) in [7, 11) is -2.98. The van der Waals surface area contributed by atoms with Crippen molar-refractivity contribution in [3.05, 3.63) is 81.6 Å². The van der Waals surface area contributed by atoms with Gasteiger partial charge >= 0.3 is 5.97 Å². The standard InChI is InChI=1S/C36H45N7O5S3Si/c1-7-48-34(44)31-32(26-17-19-42(20-18-26)51(45,46)27-13-9-8-10-14-27)50-35(37-31)41(3)30-23-25(2)33(40-39-30)38-36-43(24-47-21-22-52(4,5)6)28-15-11-12-16-29(28)49-36/h8-16,23,26H,7,17-22,24H2,1-6H3. The fraction of sp³-hybridized carbons (Fsp3) is 0.417. The van der Waals surface area contributed by atoms with Crippen molar-refractivity contribution in [3.8, 4) is 0 Å². The van der Waals surface area contributed by atoms with Gasteiger partial charge in [0.15, 0.2) is 27.3 Å². The molecule has 1 saturated heterocycles. The fourth-order valence-corrected chi connectivity index (χ4v) is 10.3. The first-order valence-electron chi connectivity index (χ1n) is 17.4. The normalized spacial score (nSPS) is 15.0. The number of sulfonamides is 1. The highest BCUT2D eigenvalue weighted by Crippen LogP contribution is 2.40. The quantitative estimate of drug-likeness (QED) is 0.0686. The lowest BCUT2D eigenvalue weighted by atomic mass is 9.95. The Morgan fingerprint density at radius 2 is 1.75 bits per heavy atom. The summed E-state index contributed by atoms with van der Waals surface area (Å²) < 4.78 is 42.7. The number of ether oxygens (including phenoxy) is 2. The van der Waals surface area contributed by atoms with Crippen LogP contribution in [0.4, 0.5) is 16.8 Å². The van der Waals surface area contributed by atoms with Gasteiger partial charge < -0.3 is 14.4 Å². The van der Waals surface area contributed by atoms with Crippen molar-refractivity contribution in [2.24, 2.45) is 4.99 Å². The molecular formula is C36H45N7O5S3Si. The summed E-state index contributed by atoms with van der Waals surface area (Å²) in [5, 5.41) is 9.61. The zero-order valence-corrected chi connectivity index (χ0v) is 33.9. The molecule has 1 aliphatic rings. The number of aromatic nitrogens is 4. The number of fused-ring (bicyclic) bond motifs is 1. The van der Waals surface area contributed by atoms with Crippen molar-refractivity contribution in [1.29, 1.82) is 0 Å². The molecule has 12 nitrogen and oxygen atoms in total. The van der Waals surface area contributed by atoms with Crippen LogP contribution in [-0.2, 0) is 26.2 Å². The number of para-hydroxylation sites is 1. The Bertz CT molecular complexity index is 2210. The van der Waals surface area contributed by atoms with Gasteiger partial charge in [-0.1, -0.05) is 61.3 Å². The maximum atomic E-state index is 13.2. The molecule has 3 aromatic heterocycles. The predicted molar refractivity (Wildman–Crippen MR) is 209 cm³/mol. The maximum Gasteiger partial charge on any atom is 0.358 e. The second-order valence-electron chi connectivity index (χ2n) is 13.9. The van der Waals surface area contributed by atoms with Crippen LogP contribution >= 0.6 is 22.7 Å². The molecule has 0 aliphatic carbocycles. The summed E-state index contributed by atoms with van der Waals surface area (Å²) >= 11 is 2.98. The molecule has 4 heterocycles. The van der Waals surface area contributed by atoms with Crippen LogP contribution in [0.3, 0.4) is 0 Å². The monoisotopic (exact) mass is 779 g/mol. The van der Waals surface area contributed by atoms with Gasteiger partial charge in [-0.25, -0.2) is 18.2 Å². The number of hydrogen-bond acceptors (Lipinski definition) is 12. The molecule has 0 amide bonds. The SMILES string of the molecule is CCOC(=O)c1nc(N(C)c2cc(C)c(N=c3sc4ccccc4n3COCC[Si](C)(C)C)nn2)sc1C1CCN(S(=O)(=O)c2ccccc2)CC1. The van der Waals surface area contributed by atoms with E-state index >= 15 is 0 Å². The van der Waals surface area contributed by atoms with Crippen molar-refractivity contribution >= 4 is 73.7 Å². The number of rotatable bonds is 13. The minimum absolute atomic E-state index is 0.0530. The van der Waals surface area contributed by atoms with Crippen LogP contribution in [-0.4, -0.2) is 79.9 Å². The average Bonchev–Trinajstić information content (AvgIpc) is 3.73. The minimum atomic E-state index is -3.60. The van der Waals surface area contributed by atoms with E-state index < -0.39 is 24.1 Å². The molecular weight excluding hydrogens is 735 g/mol. The third-order valence-electron chi connectivity index (χ3n) is 8.90. The maximum absolute atomic E-state index is 13.2. The Labute approximate surface area is 313 Å². The Kier molecular flexibility index (Phi) is 11.7. The highest BCUT2D eigenvalue weighted by molar-refractivity contribution is 7.89. The van der Waals surface area contributed by atoms with Gasteiger partial charge in [0.1, 0.15) is 6.73 Å². The van der Waals surface area contributed by atoms with E-state index in [1.165, 1.54) is 15.6 Å². The number of hydrogen-bond donors (Lipinski definition) is 0. The van der Waals surface area contributed by atoms with Crippen molar-refractivity contribution in [1.82, 2.24) is 24.1 Å². The van der Waals surface area contributed by atoms with Crippen molar-refractivity contribution in [3.63, 3.8) is 0 Å². The number of piperidine rings is 1. The molecule has 52 heavy (non-hydrogen) atoms. The largest absolute Gasteiger partial charge is 0.461 e. The summed E-state index contributed by atoms with van der Waals surface area (Å²) in [6.45, 7) is 12.7. The minimum Gasteiger partial charge on any atom is -0.461 e. The van der Waals surface area contributed by atoms with Crippen LogP contribution < -0.4 is 9.70 Å². The number of thiazole rings is 2. The van der Waals surface area contributed by atoms with Gasteiger partial charge in [0.2, 0.25) is 10.0 Å². The zero-order chi connectivity index (χ0) is 37.0. The molecule has 0 N–H and O–H groups in total. The lowest BCUT2D eigenvalue weighted by molar-refractivity contribution is 0.0518. The topological polar surface area (TPSA) is 132 Å². The summed E-state index contributed by atoms with van der Waals surface area (Å²) in [4.78, 5) is 26.5. The highest BCUT2D eigenvalue weighted by atomic mass is 32.2. The Balaban J connectivity index is 1.23. The van der Waals surface area contributed by atoms with E-state index in [2.05, 4.69) is 46.5 Å². The van der Waals surface area contributed by atoms with Gasteiger partial charge in [-0.2, -0.15) is 9.30 Å². The number of esters is 1. The first kappa shape index (κ1) is 37.9. The Morgan fingerprint density at radius 1 is 1.04 bits per heavy atom. The van der Waals surface area contributed by atoms with Crippen LogP contribution in [0, 0.1) is 6.92 Å². The van der Waals surface area contributed by atoms with Gasteiger partial charge in [0.25, 0.3) is 0 Å².